The molecule has 0 fully saturated rings. The van der Waals surface area contributed by atoms with Crippen molar-refractivity contribution in [2.24, 2.45) is 0 Å². The fourth-order valence-corrected chi connectivity index (χ4v) is 1.39. The van der Waals surface area contributed by atoms with Gasteiger partial charge in [-0.2, -0.15) is 0 Å². The lowest BCUT2D eigenvalue weighted by Gasteiger charge is -1.96. The highest BCUT2D eigenvalue weighted by Gasteiger charge is 2.04. The third-order valence-electron chi connectivity index (χ3n) is 1.92. The van der Waals surface area contributed by atoms with Gasteiger partial charge in [0.2, 0.25) is 0 Å². The first-order valence-corrected chi connectivity index (χ1v) is 4.42. The maximum atomic E-state index is 11.2. The molecule has 2 aromatic rings. The van der Waals surface area contributed by atoms with Gasteiger partial charge in [-0.25, -0.2) is 0 Å². The zero-order valence-electron chi connectivity index (χ0n) is 6.80. The molecule has 1 radical (unpaired) electrons. The summed E-state index contributed by atoms with van der Waals surface area (Å²) in [5.74, 6) is -0.0335. The molecule has 1 aromatic carbocycles. The number of Topliss-reactive ketones (excluding diaryl/α,β-unsaturated/α-hetero) is 1. The second-order valence-corrected chi connectivity index (χ2v) is 3.02. The summed E-state index contributed by atoms with van der Waals surface area (Å²) in [5, 5.41) is 0.978. The Bertz CT molecular complexity index is 447. The maximum Gasteiger partial charge on any atom is 0.177 e. The summed E-state index contributed by atoms with van der Waals surface area (Å²) in [6, 6.07) is 8.41. The largest absolute Gasteiger partial charge is 0.361 e. The van der Waals surface area contributed by atoms with Gasteiger partial charge in [-0.05, 0) is 6.07 Å². The van der Waals surface area contributed by atoms with Crippen LogP contribution in [0, 0.1) is 6.07 Å². The fraction of sp³-hybridized carbons (Fsp3) is 0.100. The molecule has 13 heavy (non-hydrogen) atoms. The molecule has 0 spiro atoms. The molecule has 0 bridgehead atoms. The van der Waals surface area contributed by atoms with Crippen molar-refractivity contribution in [2.45, 2.75) is 0 Å². The van der Waals surface area contributed by atoms with E-state index >= 15 is 0 Å². The van der Waals surface area contributed by atoms with Gasteiger partial charge in [-0.3, -0.25) is 4.79 Å². The highest BCUT2D eigenvalue weighted by atomic mass is 35.5. The van der Waals surface area contributed by atoms with E-state index in [1.165, 1.54) is 0 Å². The third-order valence-corrected chi connectivity index (χ3v) is 2.16. The first-order valence-electron chi connectivity index (χ1n) is 3.89. The molecule has 1 heterocycles. The lowest BCUT2D eigenvalue weighted by molar-refractivity contribution is 0.102. The van der Waals surface area contributed by atoms with Crippen molar-refractivity contribution in [3.05, 3.63) is 36.0 Å². The molecule has 1 N–H and O–H groups in total. The standard InChI is InChI=1S/C10H7ClNO/c11-6-10(13)8-2-1-7-3-4-12-9(7)5-8/h1-2,4-5,12H,6H2. The van der Waals surface area contributed by atoms with Crippen molar-refractivity contribution in [1.82, 2.24) is 4.98 Å². The summed E-state index contributed by atoms with van der Waals surface area (Å²) in [6.45, 7) is 0. The highest BCUT2D eigenvalue weighted by molar-refractivity contribution is 6.30. The molecule has 2 nitrogen and oxygen atoms in total. The van der Waals surface area contributed by atoms with Crippen LogP contribution in [0.25, 0.3) is 10.9 Å². The molecule has 0 unspecified atom stereocenters. The Morgan fingerprint density at radius 3 is 3.15 bits per heavy atom. The van der Waals surface area contributed by atoms with Crippen LogP contribution in [0.4, 0.5) is 0 Å². The highest BCUT2D eigenvalue weighted by Crippen LogP contribution is 2.14. The summed E-state index contributed by atoms with van der Waals surface area (Å²) in [6.07, 6.45) is 1.72. The number of hydrogen-bond donors (Lipinski definition) is 1. The quantitative estimate of drug-likeness (QED) is 0.575. The summed E-state index contributed by atoms with van der Waals surface area (Å²) in [5.41, 5.74) is 1.55. The van der Waals surface area contributed by atoms with Crippen molar-refractivity contribution in [1.29, 1.82) is 0 Å². The molecule has 2 rings (SSSR count). The average molecular weight is 193 g/mol. The van der Waals surface area contributed by atoms with Crippen LogP contribution in [0.1, 0.15) is 10.4 Å². The van der Waals surface area contributed by atoms with Crippen molar-refractivity contribution < 1.29 is 4.79 Å². The van der Waals surface area contributed by atoms with Gasteiger partial charge < -0.3 is 4.98 Å². The van der Waals surface area contributed by atoms with E-state index in [0.717, 1.165) is 10.9 Å². The number of H-pyrrole nitrogens is 1. The van der Waals surface area contributed by atoms with Gasteiger partial charge in [0.05, 0.1) is 5.88 Å². The van der Waals surface area contributed by atoms with Crippen LogP contribution >= 0.6 is 11.6 Å². The molecule has 0 aliphatic heterocycles. The van der Waals surface area contributed by atoms with Crippen molar-refractivity contribution in [3.63, 3.8) is 0 Å². The van der Waals surface area contributed by atoms with Crippen molar-refractivity contribution >= 4 is 28.3 Å². The minimum atomic E-state index is -0.0573. The van der Waals surface area contributed by atoms with Crippen LogP contribution < -0.4 is 0 Å². The zero-order valence-corrected chi connectivity index (χ0v) is 7.56. The molecule has 1 aromatic heterocycles. The van der Waals surface area contributed by atoms with Gasteiger partial charge in [0.25, 0.3) is 0 Å². The average Bonchev–Trinajstić information content (AvgIpc) is 2.63. The number of hydrogen-bond acceptors (Lipinski definition) is 1. The fourth-order valence-electron chi connectivity index (χ4n) is 1.23. The second kappa shape index (κ2) is 3.23. The minimum absolute atomic E-state index is 0.0237. The number of carbonyl (C=O) groups excluding carboxylic acids is 1. The molecule has 0 saturated carbocycles. The normalized spacial score (nSPS) is 10.5. The first-order chi connectivity index (χ1) is 6.31. The number of rotatable bonds is 2. The van der Waals surface area contributed by atoms with Crippen LogP contribution in [0.3, 0.4) is 0 Å². The molecule has 0 atom stereocenters. The van der Waals surface area contributed by atoms with E-state index in [0.29, 0.717) is 5.56 Å². The lowest BCUT2D eigenvalue weighted by Crippen LogP contribution is -1.99. The van der Waals surface area contributed by atoms with Gasteiger partial charge in [-0.15, -0.1) is 11.6 Å². The van der Waals surface area contributed by atoms with E-state index < -0.39 is 0 Å². The van der Waals surface area contributed by atoms with Crippen LogP contribution in [-0.2, 0) is 0 Å². The number of ketones is 1. The molecular formula is C10H7ClNO. The summed E-state index contributed by atoms with van der Waals surface area (Å²) >= 11 is 5.44. The Hall–Kier alpha value is -1.28. The Balaban J connectivity index is 2.54. The van der Waals surface area contributed by atoms with Crippen LogP contribution in [0.5, 0.6) is 0 Å². The topological polar surface area (TPSA) is 32.9 Å². The minimum Gasteiger partial charge on any atom is -0.361 e. The van der Waals surface area contributed by atoms with Gasteiger partial charge in [0.1, 0.15) is 0 Å². The van der Waals surface area contributed by atoms with E-state index in [2.05, 4.69) is 11.1 Å². The van der Waals surface area contributed by atoms with E-state index in [4.69, 9.17) is 11.6 Å². The number of aromatic amines is 1. The number of aromatic nitrogens is 1. The predicted molar refractivity (Wildman–Crippen MR) is 52.2 cm³/mol. The van der Waals surface area contributed by atoms with E-state index in [1.54, 1.807) is 18.3 Å². The number of carbonyl (C=O) groups is 1. The van der Waals surface area contributed by atoms with Crippen LogP contribution in [-0.4, -0.2) is 16.6 Å². The van der Waals surface area contributed by atoms with Crippen molar-refractivity contribution in [3.8, 4) is 0 Å². The van der Waals surface area contributed by atoms with Crippen molar-refractivity contribution in [2.75, 3.05) is 5.88 Å². The van der Waals surface area contributed by atoms with Gasteiger partial charge >= 0.3 is 0 Å². The van der Waals surface area contributed by atoms with E-state index in [1.807, 2.05) is 6.07 Å². The maximum absolute atomic E-state index is 11.2. The van der Waals surface area contributed by atoms with Gasteiger partial charge in [0, 0.05) is 28.7 Å². The number of benzene rings is 1. The Morgan fingerprint density at radius 1 is 1.54 bits per heavy atom. The smallest absolute Gasteiger partial charge is 0.177 e. The van der Waals surface area contributed by atoms with Crippen LogP contribution in [0.15, 0.2) is 24.4 Å². The molecule has 0 aliphatic carbocycles. The summed E-state index contributed by atoms with van der Waals surface area (Å²) in [7, 11) is 0. The Morgan fingerprint density at radius 2 is 2.38 bits per heavy atom. The molecule has 0 amide bonds. The van der Waals surface area contributed by atoms with Gasteiger partial charge in [0.15, 0.2) is 5.78 Å². The SMILES string of the molecule is O=C(CCl)c1ccc2[c]c[nH]c2c1. The summed E-state index contributed by atoms with van der Waals surface area (Å²) in [4.78, 5) is 14.2. The third kappa shape index (κ3) is 1.45. The Kier molecular flexibility index (Phi) is 2.07. The monoisotopic (exact) mass is 192 g/mol. The molecule has 0 saturated heterocycles. The second-order valence-electron chi connectivity index (χ2n) is 2.75. The van der Waals surface area contributed by atoms with Crippen LogP contribution in [0.2, 0.25) is 0 Å². The number of nitrogens with one attached hydrogen (secondary N) is 1. The van der Waals surface area contributed by atoms with E-state index in [9.17, 15) is 4.79 Å². The number of fused-ring (bicyclic) bond motifs is 1. The Labute approximate surface area is 80.5 Å². The molecular weight excluding hydrogens is 186 g/mol. The number of halogens is 1. The lowest BCUT2D eigenvalue weighted by atomic mass is 10.1. The summed E-state index contributed by atoms with van der Waals surface area (Å²) < 4.78 is 0. The predicted octanol–water partition coefficient (Wildman–Crippen LogP) is 2.39. The molecule has 0 aliphatic rings. The molecule has 3 heteroatoms. The first kappa shape index (κ1) is 8.32. The molecule has 65 valence electrons. The van der Waals surface area contributed by atoms with E-state index in [-0.39, 0.29) is 11.7 Å². The number of alkyl halides is 1. The zero-order chi connectivity index (χ0) is 9.26. The van der Waals surface area contributed by atoms with Gasteiger partial charge in [-0.1, -0.05) is 12.1 Å².